The highest BCUT2D eigenvalue weighted by molar-refractivity contribution is 5.85. The number of carboxylic acids is 1. The normalized spacial score (nSPS) is 10.8. The maximum Gasteiger partial charge on any atom is 0.304 e. The lowest BCUT2D eigenvalue weighted by molar-refractivity contribution is -0.137. The van der Waals surface area contributed by atoms with Crippen molar-refractivity contribution in [2.45, 2.75) is 18.9 Å². The third kappa shape index (κ3) is 7.28. The van der Waals surface area contributed by atoms with E-state index in [4.69, 9.17) is 17.3 Å². The second kappa shape index (κ2) is 6.40. The summed E-state index contributed by atoms with van der Waals surface area (Å²) < 4.78 is 0. The number of hydrogen-bond acceptors (Lipinski definition) is 2. The monoisotopic (exact) mass is 163 g/mol. The van der Waals surface area contributed by atoms with Crippen LogP contribution in [0.2, 0.25) is 0 Å². The second-order valence-electron chi connectivity index (χ2n) is 1.77. The van der Waals surface area contributed by atoms with Gasteiger partial charge in [-0.2, -0.15) is 0 Å². The smallest absolute Gasteiger partial charge is 0.304 e. The lowest BCUT2D eigenvalue weighted by Gasteiger charge is -2.01. The molecule has 0 radical (unpaired) electrons. The molecule has 0 aliphatic rings. The first-order valence-electron chi connectivity index (χ1n) is 2.57. The molecule has 0 spiro atoms. The molecule has 58 valence electrons. The summed E-state index contributed by atoms with van der Waals surface area (Å²) in [5.41, 5.74) is 5.26. The molecule has 3 nitrogen and oxygen atoms in total. The van der Waals surface area contributed by atoms with Gasteiger partial charge >= 0.3 is 5.97 Å². The fourth-order valence-corrected chi connectivity index (χ4v) is 0.448. The molecule has 0 rings (SSSR count). The van der Waals surface area contributed by atoms with Crippen LogP contribution in [0.15, 0.2) is 0 Å². The molecule has 0 aromatic heterocycles. The van der Waals surface area contributed by atoms with E-state index < -0.39 is 12.0 Å². The summed E-state index contributed by atoms with van der Waals surface area (Å²) in [6.07, 6.45) is 5.16. The van der Waals surface area contributed by atoms with Gasteiger partial charge in [-0.05, 0) is 0 Å². The van der Waals surface area contributed by atoms with Crippen LogP contribution in [0.5, 0.6) is 0 Å². The lowest BCUT2D eigenvalue weighted by atomic mass is 10.2. The fraction of sp³-hybridized carbons (Fsp3) is 0.500. The minimum atomic E-state index is -0.905. The van der Waals surface area contributed by atoms with Crippen molar-refractivity contribution in [2.24, 2.45) is 5.73 Å². The largest absolute Gasteiger partial charge is 0.481 e. The van der Waals surface area contributed by atoms with Crippen LogP contribution in [-0.2, 0) is 4.79 Å². The molecule has 0 aromatic rings. The van der Waals surface area contributed by atoms with Gasteiger partial charge in [0.05, 0.1) is 6.42 Å². The van der Waals surface area contributed by atoms with Crippen molar-refractivity contribution >= 4 is 18.4 Å². The van der Waals surface area contributed by atoms with E-state index in [9.17, 15) is 4.79 Å². The number of terminal acetylenes is 1. The molecule has 0 fully saturated rings. The summed E-state index contributed by atoms with van der Waals surface area (Å²) in [5.74, 6) is 1.38. The van der Waals surface area contributed by atoms with E-state index in [0.717, 1.165) is 0 Å². The highest BCUT2D eigenvalue weighted by Crippen LogP contribution is 1.91. The van der Waals surface area contributed by atoms with E-state index in [1.54, 1.807) is 0 Å². The maximum absolute atomic E-state index is 9.94. The van der Waals surface area contributed by atoms with Crippen LogP contribution in [0.25, 0.3) is 0 Å². The Morgan fingerprint density at radius 2 is 2.30 bits per heavy atom. The number of carbonyl (C=O) groups is 1. The van der Waals surface area contributed by atoms with E-state index in [-0.39, 0.29) is 18.8 Å². The van der Waals surface area contributed by atoms with Crippen LogP contribution < -0.4 is 5.73 Å². The Bertz CT molecular complexity index is 141. The zero-order valence-corrected chi connectivity index (χ0v) is 6.23. The molecule has 10 heavy (non-hydrogen) atoms. The van der Waals surface area contributed by atoms with Crippen molar-refractivity contribution in [3.63, 3.8) is 0 Å². The topological polar surface area (TPSA) is 63.3 Å². The van der Waals surface area contributed by atoms with Gasteiger partial charge in [-0.1, -0.05) is 0 Å². The molecule has 3 N–H and O–H groups in total. The first-order chi connectivity index (χ1) is 4.16. The third-order valence-corrected chi connectivity index (χ3v) is 0.817. The minimum absolute atomic E-state index is 0. The van der Waals surface area contributed by atoms with Gasteiger partial charge in [-0.3, -0.25) is 4.79 Å². The molecule has 0 aliphatic carbocycles. The van der Waals surface area contributed by atoms with Crippen LogP contribution in [0.4, 0.5) is 0 Å². The van der Waals surface area contributed by atoms with Crippen molar-refractivity contribution in [3.8, 4) is 12.3 Å². The Labute approximate surface area is 66.0 Å². The average molecular weight is 164 g/mol. The maximum atomic E-state index is 9.94. The molecule has 0 aliphatic heterocycles. The van der Waals surface area contributed by atoms with Crippen molar-refractivity contribution in [1.82, 2.24) is 0 Å². The number of nitrogens with two attached hydrogens (primary N) is 1. The van der Waals surface area contributed by atoms with Crippen molar-refractivity contribution in [1.29, 1.82) is 0 Å². The SMILES string of the molecule is C#CC[C@@H](N)CC(=O)O.Cl. The first kappa shape index (κ1) is 12.0. The van der Waals surface area contributed by atoms with Gasteiger partial charge < -0.3 is 10.8 Å². The zero-order valence-electron chi connectivity index (χ0n) is 5.41. The second-order valence-corrected chi connectivity index (χ2v) is 1.77. The van der Waals surface area contributed by atoms with Crippen molar-refractivity contribution in [2.75, 3.05) is 0 Å². The van der Waals surface area contributed by atoms with Gasteiger partial charge in [-0.25, -0.2) is 0 Å². The van der Waals surface area contributed by atoms with E-state index in [2.05, 4.69) is 5.92 Å². The first-order valence-corrected chi connectivity index (χ1v) is 2.57. The highest BCUT2D eigenvalue weighted by Gasteiger charge is 2.04. The van der Waals surface area contributed by atoms with Gasteiger partial charge in [-0.15, -0.1) is 24.8 Å². The van der Waals surface area contributed by atoms with Crippen LogP contribution in [0, 0.1) is 12.3 Å². The molecule has 0 heterocycles. The Morgan fingerprint density at radius 3 is 2.60 bits per heavy atom. The quantitative estimate of drug-likeness (QED) is 0.586. The molecule has 0 saturated carbocycles. The summed E-state index contributed by atoms with van der Waals surface area (Å²) >= 11 is 0. The number of carboxylic acid groups (broad SMARTS) is 1. The molecular weight excluding hydrogens is 154 g/mol. The summed E-state index contributed by atoms with van der Waals surface area (Å²) in [4.78, 5) is 9.94. The van der Waals surface area contributed by atoms with Crippen LogP contribution in [0.1, 0.15) is 12.8 Å². The van der Waals surface area contributed by atoms with Crippen LogP contribution in [0.3, 0.4) is 0 Å². The van der Waals surface area contributed by atoms with Crippen molar-refractivity contribution < 1.29 is 9.90 Å². The summed E-state index contributed by atoms with van der Waals surface area (Å²) in [5, 5.41) is 8.16. The molecule has 0 saturated heterocycles. The van der Waals surface area contributed by atoms with E-state index in [1.165, 1.54) is 0 Å². The Hall–Kier alpha value is -0.720. The third-order valence-electron chi connectivity index (χ3n) is 0.817. The summed E-state index contributed by atoms with van der Waals surface area (Å²) in [7, 11) is 0. The minimum Gasteiger partial charge on any atom is -0.481 e. The van der Waals surface area contributed by atoms with Gasteiger partial charge in [0.2, 0.25) is 0 Å². The van der Waals surface area contributed by atoms with Gasteiger partial charge in [0.25, 0.3) is 0 Å². The molecule has 4 heteroatoms. The number of aliphatic carboxylic acids is 1. The van der Waals surface area contributed by atoms with Crippen molar-refractivity contribution in [3.05, 3.63) is 0 Å². The van der Waals surface area contributed by atoms with Gasteiger partial charge in [0.15, 0.2) is 0 Å². The standard InChI is InChI=1S/C6H9NO2.ClH/c1-2-3-5(7)4-6(8)9;/h1,5H,3-4,7H2,(H,8,9);1H/t5-;/m1./s1. The fourth-order valence-electron chi connectivity index (χ4n) is 0.448. The highest BCUT2D eigenvalue weighted by atomic mass is 35.5. The van der Waals surface area contributed by atoms with E-state index in [0.29, 0.717) is 6.42 Å². The van der Waals surface area contributed by atoms with Gasteiger partial charge in [0, 0.05) is 12.5 Å². The molecular formula is C6H10ClNO2. The summed E-state index contributed by atoms with van der Waals surface area (Å²) in [6, 6.07) is -0.396. The summed E-state index contributed by atoms with van der Waals surface area (Å²) in [6.45, 7) is 0. The molecule has 1 atom stereocenters. The number of halogens is 1. The van der Waals surface area contributed by atoms with E-state index >= 15 is 0 Å². The zero-order chi connectivity index (χ0) is 7.28. The van der Waals surface area contributed by atoms with E-state index in [1.807, 2.05) is 0 Å². The number of rotatable bonds is 3. The Morgan fingerprint density at radius 1 is 1.80 bits per heavy atom. The predicted molar refractivity (Wildman–Crippen MR) is 40.9 cm³/mol. The molecule has 0 amide bonds. The molecule has 0 bridgehead atoms. The molecule has 0 aromatic carbocycles. The Balaban J connectivity index is 0. The Kier molecular flexibility index (Phi) is 7.68. The number of hydrogen-bond donors (Lipinski definition) is 2. The van der Waals surface area contributed by atoms with Crippen LogP contribution >= 0.6 is 12.4 Å². The average Bonchev–Trinajstić information content (AvgIpc) is 1.63. The van der Waals surface area contributed by atoms with Gasteiger partial charge in [0.1, 0.15) is 0 Å². The predicted octanol–water partition coefficient (Wildman–Crippen LogP) is 0.234. The molecule has 0 unspecified atom stereocenters. The lowest BCUT2D eigenvalue weighted by Crippen LogP contribution is -2.22. The van der Waals surface area contributed by atoms with Crippen LogP contribution in [-0.4, -0.2) is 17.1 Å².